The molecule has 1 aliphatic heterocycles. The second-order valence-electron chi connectivity index (χ2n) is 6.45. The van der Waals surface area contributed by atoms with Gasteiger partial charge in [0.25, 0.3) is 0 Å². The van der Waals surface area contributed by atoms with Gasteiger partial charge in [0.2, 0.25) is 15.9 Å². The highest BCUT2D eigenvalue weighted by atomic mass is 32.2. The van der Waals surface area contributed by atoms with Gasteiger partial charge in [-0.05, 0) is 42.8 Å². The summed E-state index contributed by atoms with van der Waals surface area (Å²) in [6.45, 7) is 2.36. The number of carbonyl (C=O) groups is 1. The third kappa shape index (κ3) is 4.34. The first-order valence-electron chi connectivity index (χ1n) is 8.57. The van der Waals surface area contributed by atoms with E-state index in [-0.39, 0.29) is 17.3 Å². The molecule has 0 bridgehead atoms. The smallest absolute Gasteiger partial charge is 0.243 e. The summed E-state index contributed by atoms with van der Waals surface area (Å²) in [6, 6.07) is 12.2. The van der Waals surface area contributed by atoms with E-state index in [0.29, 0.717) is 11.8 Å². The fourth-order valence-electron chi connectivity index (χ4n) is 2.89. The second kappa shape index (κ2) is 8.00. The number of carbonyl (C=O) groups excluding carboxylic acids is 1. The van der Waals surface area contributed by atoms with Crippen molar-refractivity contribution < 1.29 is 17.6 Å². The first-order chi connectivity index (χ1) is 12.8. The maximum Gasteiger partial charge on any atom is 0.243 e. The topological polar surface area (TPSA) is 57.7 Å². The van der Waals surface area contributed by atoms with Crippen LogP contribution in [0.4, 0.5) is 10.1 Å². The number of hydrogen-bond acceptors (Lipinski definition) is 4. The Labute approximate surface area is 163 Å². The monoisotopic (exact) mass is 408 g/mol. The summed E-state index contributed by atoms with van der Waals surface area (Å²) in [5, 5.41) is 0.365. The molecule has 0 saturated carbocycles. The van der Waals surface area contributed by atoms with Crippen LogP contribution in [0.25, 0.3) is 0 Å². The summed E-state index contributed by atoms with van der Waals surface area (Å²) in [5.74, 6) is -0.800. The van der Waals surface area contributed by atoms with Gasteiger partial charge in [-0.15, -0.1) is 11.8 Å². The van der Waals surface area contributed by atoms with E-state index >= 15 is 0 Å². The van der Waals surface area contributed by atoms with Crippen molar-refractivity contribution in [1.82, 2.24) is 4.31 Å². The van der Waals surface area contributed by atoms with Gasteiger partial charge in [0.1, 0.15) is 5.82 Å². The minimum absolute atomic E-state index is 0.0420. The average Bonchev–Trinajstić information content (AvgIpc) is 2.80. The fourth-order valence-corrected chi connectivity index (χ4v) is 5.13. The number of fused-ring (bicyclic) bond motifs is 1. The maximum absolute atomic E-state index is 13.1. The van der Waals surface area contributed by atoms with Gasteiger partial charge < -0.3 is 4.90 Å². The van der Waals surface area contributed by atoms with Gasteiger partial charge in [0, 0.05) is 23.7 Å². The Morgan fingerprint density at radius 3 is 2.59 bits per heavy atom. The predicted octanol–water partition coefficient (Wildman–Crippen LogP) is 3.36. The molecule has 3 rings (SSSR count). The highest BCUT2D eigenvalue weighted by Gasteiger charge is 2.28. The molecule has 144 valence electrons. The second-order valence-corrected chi connectivity index (χ2v) is 9.97. The van der Waals surface area contributed by atoms with Crippen LogP contribution in [0.2, 0.25) is 0 Å². The van der Waals surface area contributed by atoms with Crippen LogP contribution in [0.5, 0.6) is 0 Å². The minimum Gasteiger partial charge on any atom is -0.310 e. The molecule has 1 heterocycles. The molecule has 0 N–H and O–H groups in total. The van der Waals surface area contributed by atoms with Gasteiger partial charge in [0.15, 0.2) is 0 Å². The molecule has 0 aromatic heterocycles. The molecule has 27 heavy (non-hydrogen) atoms. The summed E-state index contributed by atoms with van der Waals surface area (Å²) < 4.78 is 39.4. The number of amides is 1. The molecular formula is C19H21FN2O3S2. The van der Waals surface area contributed by atoms with E-state index in [1.165, 1.54) is 19.2 Å². The first kappa shape index (κ1) is 19.9. The van der Waals surface area contributed by atoms with Crippen LogP contribution < -0.4 is 4.90 Å². The fraction of sp³-hybridized carbons (Fsp3) is 0.316. The molecule has 5 nitrogen and oxygen atoms in total. The van der Waals surface area contributed by atoms with Crippen LogP contribution in [-0.4, -0.2) is 44.0 Å². The van der Waals surface area contributed by atoms with Crippen LogP contribution in [0.15, 0.2) is 58.3 Å². The lowest BCUT2D eigenvalue weighted by molar-refractivity contribution is -0.118. The number of sulfonamides is 1. The Bertz CT molecular complexity index is 932. The molecule has 1 atom stereocenters. The number of benzene rings is 2. The van der Waals surface area contributed by atoms with Crippen molar-refractivity contribution in [2.75, 3.05) is 25.0 Å². The van der Waals surface area contributed by atoms with Gasteiger partial charge in [-0.3, -0.25) is 4.79 Å². The normalized spacial score (nSPS) is 17.5. The third-order valence-electron chi connectivity index (χ3n) is 4.42. The highest BCUT2D eigenvalue weighted by molar-refractivity contribution is 8.00. The standard InChI is InChI=1S/C19H21FN2O3S2/c1-14-11-12-22(17-5-3-4-6-18(17)26-14)19(23)13-21(2)27(24,25)16-9-7-15(20)8-10-16/h3-10,14H,11-13H2,1-2H3. The van der Waals surface area contributed by atoms with Crippen molar-refractivity contribution in [3.8, 4) is 0 Å². The Morgan fingerprint density at radius 1 is 1.22 bits per heavy atom. The molecule has 0 aliphatic carbocycles. The number of halogens is 1. The summed E-state index contributed by atoms with van der Waals surface area (Å²) in [5.41, 5.74) is 0.810. The summed E-state index contributed by atoms with van der Waals surface area (Å²) in [6.07, 6.45) is 0.819. The molecule has 1 amide bonds. The van der Waals surface area contributed by atoms with Crippen molar-refractivity contribution in [3.05, 3.63) is 54.3 Å². The van der Waals surface area contributed by atoms with Crippen LogP contribution in [0.1, 0.15) is 13.3 Å². The molecule has 1 aliphatic rings. The molecule has 2 aromatic rings. The molecule has 1 unspecified atom stereocenters. The third-order valence-corrected chi connectivity index (χ3v) is 7.48. The zero-order valence-corrected chi connectivity index (χ0v) is 16.8. The van der Waals surface area contributed by atoms with Crippen LogP contribution in [0.3, 0.4) is 0 Å². The highest BCUT2D eigenvalue weighted by Crippen LogP contribution is 2.37. The van der Waals surface area contributed by atoms with E-state index in [0.717, 1.165) is 33.4 Å². The van der Waals surface area contributed by atoms with E-state index in [1.54, 1.807) is 16.7 Å². The Kier molecular flexibility index (Phi) is 5.88. The number of para-hydroxylation sites is 1. The number of rotatable bonds is 4. The van der Waals surface area contributed by atoms with E-state index in [9.17, 15) is 17.6 Å². The van der Waals surface area contributed by atoms with E-state index < -0.39 is 15.8 Å². The molecule has 0 spiro atoms. The zero-order chi connectivity index (χ0) is 19.6. The van der Waals surface area contributed by atoms with E-state index in [1.807, 2.05) is 24.3 Å². The lowest BCUT2D eigenvalue weighted by atomic mass is 10.2. The van der Waals surface area contributed by atoms with Crippen molar-refractivity contribution in [2.45, 2.75) is 28.4 Å². The molecular weight excluding hydrogens is 387 g/mol. The van der Waals surface area contributed by atoms with E-state index in [2.05, 4.69) is 6.92 Å². The van der Waals surface area contributed by atoms with Gasteiger partial charge in [-0.25, -0.2) is 12.8 Å². The van der Waals surface area contributed by atoms with Crippen molar-refractivity contribution >= 4 is 33.4 Å². The van der Waals surface area contributed by atoms with Gasteiger partial charge >= 0.3 is 0 Å². The maximum atomic E-state index is 13.1. The number of nitrogens with zero attached hydrogens (tertiary/aromatic N) is 2. The summed E-state index contributed by atoms with van der Waals surface area (Å²) >= 11 is 1.72. The molecule has 0 saturated heterocycles. The van der Waals surface area contributed by atoms with Crippen molar-refractivity contribution in [3.63, 3.8) is 0 Å². The van der Waals surface area contributed by atoms with Crippen LogP contribution >= 0.6 is 11.8 Å². The molecule has 0 fully saturated rings. The minimum atomic E-state index is -3.87. The molecule has 0 radical (unpaired) electrons. The quantitative estimate of drug-likeness (QED) is 0.778. The Hall–Kier alpha value is -1.90. The molecule has 8 heteroatoms. The average molecular weight is 409 g/mol. The Morgan fingerprint density at radius 2 is 1.89 bits per heavy atom. The Balaban J connectivity index is 1.81. The van der Waals surface area contributed by atoms with Crippen molar-refractivity contribution in [2.24, 2.45) is 0 Å². The number of likely N-dealkylation sites (N-methyl/N-ethyl adjacent to an activating group) is 1. The van der Waals surface area contributed by atoms with E-state index in [4.69, 9.17) is 0 Å². The summed E-state index contributed by atoms with van der Waals surface area (Å²) in [4.78, 5) is 15.5. The largest absolute Gasteiger partial charge is 0.310 e. The summed E-state index contributed by atoms with van der Waals surface area (Å²) in [7, 11) is -2.51. The van der Waals surface area contributed by atoms with Gasteiger partial charge in [-0.2, -0.15) is 4.31 Å². The number of hydrogen-bond donors (Lipinski definition) is 0. The van der Waals surface area contributed by atoms with Crippen LogP contribution in [-0.2, 0) is 14.8 Å². The zero-order valence-electron chi connectivity index (χ0n) is 15.1. The number of anilines is 1. The SMILES string of the molecule is CC1CCN(C(=O)CN(C)S(=O)(=O)c2ccc(F)cc2)c2ccccc2S1. The van der Waals surface area contributed by atoms with Gasteiger partial charge in [0.05, 0.1) is 17.1 Å². The lowest BCUT2D eigenvalue weighted by Crippen LogP contribution is -2.41. The predicted molar refractivity (Wildman–Crippen MR) is 105 cm³/mol. The van der Waals surface area contributed by atoms with Gasteiger partial charge in [-0.1, -0.05) is 19.1 Å². The van der Waals surface area contributed by atoms with Crippen molar-refractivity contribution in [1.29, 1.82) is 0 Å². The number of thioether (sulfide) groups is 1. The molecule has 2 aromatic carbocycles. The lowest BCUT2D eigenvalue weighted by Gasteiger charge is -2.25. The van der Waals surface area contributed by atoms with Crippen LogP contribution in [0, 0.1) is 5.82 Å². The first-order valence-corrected chi connectivity index (χ1v) is 10.9.